The number of carbonyl (C=O) groups is 1. The number of benzene rings is 2. The lowest BCUT2D eigenvalue weighted by Crippen LogP contribution is -2.28. The Morgan fingerprint density at radius 2 is 1.64 bits per heavy atom. The molecule has 0 aromatic heterocycles. The summed E-state index contributed by atoms with van der Waals surface area (Å²) >= 11 is 0. The van der Waals surface area contributed by atoms with Gasteiger partial charge in [0.25, 0.3) is 0 Å². The van der Waals surface area contributed by atoms with Crippen LogP contribution in [0.5, 0.6) is 0 Å². The molecule has 1 N–H and O–H groups in total. The first-order valence-electron chi connectivity index (χ1n) is 7.39. The lowest BCUT2D eigenvalue weighted by Gasteiger charge is -2.14. The molecule has 0 spiro atoms. The van der Waals surface area contributed by atoms with E-state index < -0.39 is 6.09 Å². The van der Waals surface area contributed by atoms with Crippen molar-refractivity contribution in [2.75, 3.05) is 26.9 Å². The molecular weight excluding hydrogens is 278 g/mol. The molecule has 0 unspecified atom stereocenters. The van der Waals surface area contributed by atoms with E-state index in [2.05, 4.69) is 29.6 Å². The van der Waals surface area contributed by atoms with E-state index >= 15 is 0 Å². The molecule has 0 radical (unpaired) electrons. The maximum atomic E-state index is 11.7. The second kappa shape index (κ2) is 6.62. The molecule has 2 aromatic carbocycles. The molecule has 0 heterocycles. The van der Waals surface area contributed by atoms with Crippen LogP contribution in [0.15, 0.2) is 48.5 Å². The first kappa shape index (κ1) is 14.6. The molecule has 0 atom stereocenters. The molecule has 0 saturated heterocycles. The Balaban J connectivity index is 1.73. The van der Waals surface area contributed by atoms with Crippen LogP contribution in [0.25, 0.3) is 11.1 Å². The number of nitrogens with one attached hydrogen (secondary N) is 1. The zero-order chi connectivity index (χ0) is 15.4. The van der Waals surface area contributed by atoms with Gasteiger partial charge in [0.1, 0.15) is 6.61 Å². The third-order valence-electron chi connectivity index (χ3n) is 3.92. The summed E-state index contributed by atoms with van der Waals surface area (Å²) in [6, 6.07) is 16.6. The van der Waals surface area contributed by atoms with E-state index in [4.69, 9.17) is 9.47 Å². The van der Waals surface area contributed by atoms with Crippen molar-refractivity contribution in [2.45, 2.75) is 5.92 Å². The monoisotopic (exact) mass is 297 g/mol. The molecule has 1 amide bonds. The van der Waals surface area contributed by atoms with Crippen LogP contribution >= 0.6 is 0 Å². The molecule has 2 aromatic rings. The fourth-order valence-corrected chi connectivity index (χ4v) is 2.90. The van der Waals surface area contributed by atoms with Crippen molar-refractivity contribution in [3.05, 3.63) is 59.7 Å². The largest absolute Gasteiger partial charge is 0.449 e. The van der Waals surface area contributed by atoms with Gasteiger partial charge >= 0.3 is 6.09 Å². The topological polar surface area (TPSA) is 47.6 Å². The number of fused-ring (bicyclic) bond motifs is 3. The van der Waals surface area contributed by atoms with Crippen LogP contribution in [-0.2, 0) is 9.47 Å². The normalized spacial score (nSPS) is 12.6. The molecule has 114 valence electrons. The molecule has 0 aliphatic heterocycles. The Hall–Kier alpha value is -2.33. The van der Waals surface area contributed by atoms with E-state index in [0.29, 0.717) is 19.8 Å². The number of rotatable bonds is 5. The first-order chi connectivity index (χ1) is 10.8. The minimum absolute atomic E-state index is 0.0978. The quantitative estimate of drug-likeness (QED) is 0.862. The predicted octanol–water partition coefficient (Wildman–Crippen LogP) is 3.17. The van der Waals surface area contributed by atoms with Crippen molar-refractivity contribution in [3.8, 4) is 11.1 Å². The molecule has 1 aliphatic carbocycles. The van der Waals surface area contributed by atoms with Gasteiger partial charge in [-0.2, -0.15) is 0 Å². The van der Waals surface area contributed by atoms with E-state index in [1.807, 2.05) is 24.3 Å². The Morgan fingerprint density at radius 3 is 2.23 bits per heavy atom. The summed E-state index contributed by atoms with van der Waals surface area (Å²) < 4.78 is 10.3. The SMILES string of the molecule is COCCNC(=O)OCC1c2ccccc2-c2ccccc21. The third-order valence-corrected chi connectivity index (χ3v) is 3.92. The van der Waals surface area contributed by atoms with Crippen LogP contribution in [-0.4, -0.2) is 33.0 Å². The Bertz CT molecular complexity index is 623. The Kier molecular flexibility index (Phi) is 4.39. The fourth-order valence-electron chi connectivity index (χ4n) is 2.90. The number of hydrogen-bond donors (Lipinski definition) is 1. The lowest BCUT2D eigenvalue weighted by molar-refractivity contribution is 0.136. The van der Waals surface area contributed by atoms with Crippen LogP contribution in [0, 0.1) is 0 Å². The molecule has 0 saturated carbocycles. The van der Waals surface area contributed by atoms with Gasteiger partial charge in [0.05, 0.1) is 6.61 Å². The van der Waals surface area contributed by atoms with Gasteiger partial charge in [-0.3, -0.25) is 0 Å². The van der Waals surface area contributed by atoms with Crippen molar-refractivity contribution in [3.63, 3.8) is 0 Å². The second-order valence-corrected chi connectivity index (χ2v) is 5.25. The van der Waals surface area contributed by atoms with Gasteiger partial charge in [-0.1, -0.05) is 48.5 Å². The van der Waals surface area contributed by atoms with E-state index in [1.165, 1.54) is 22.3 Å². The first-order valence-corrected chi connectivity index (χ1v) is 7.39. The average Bonchev–Trinajstić information content (AvgIpc) is 2.87. The number of ether oxygens (including phenoxy) is 2. The molecule has 0 bridgehead atoms. The van der Waals surface area contributed by atoms with Crippen molar-refractivity contribution in [1.82, 2.24) is 5.32 Å². The zero-order valence-electron chi connectivity index (χ0n) is 12.5. The molecule has 3 rings (SSSR count). The summed E-state index contributed by atoms with van der Waals surface area (Å²) in [6.07, 6.45) is -0.404. The van der Waals surface area contributed by atoms with Gasteiger partial charge in [0.2, 0.25) is 0 Å². The van der Waals surface area contributed by atoms with Crippen LogP contribution < -0.4 is 5.32 Å². The van der Waals surface area contributed by atoms with Crippen LogP contribution in [0.1, 0.15) is 17.0 Å². The number of hydrogen-bond acceptors (Lipinski definition) is 3. The summed E-state index contributed by atoms with van der Waals surface area (Å²) in [4.78, 5) is 11.7. The van der Waals surface area contributed by atoms with Crippen LogP contribution in [0.4, 0.5) is 4.79 Å². The molecule has 0 fully saturated rings. The highest BCUT2D eigenvalue weighted by Crippen LogP contribution is 2.44. The molecule has 4 heteroatoms. The summed E-state index contributed by atoms with van der Waals surface area (Å²) in [6.45, 7) is 1.27. The van der Waals surface area contributed by atoms with Crippen LogP contribution in [0.2, 0.25) is 0 Å². The highest BCUT2D eigenvalue weighted by molar-refractivity contribution is 5.79. The zero-order valence-corrected chi connectivity index (χ0v) is 12.5. The standard InChI is InChI=1S/C18H19NO3/c1-21-11-10-19-18(20)22-12-17-15-8-4-2-6-13(15)14-7-3-5-9-16(14)17/h2-9,17H,10-12H2,1H3,(H,19,20). The molecular formula is C18H19NO3. The van der Waals surface area contributed by atoms with E-state index in [9.17, 15) is 4.79 Å². The summed E-state index contributed by atoms with van der Waals surface area (Å²) in [5.74, 6) is 0.0978. The highest BCUT2D eigenvalue weighted by atomic mass is 16.5. The predicted molar refractivity (Wildman–Crippen MR) is 84.9 cm³/mol. The number of methoxy groups -OCH3 is 1. The maximum Gasteiger partial charge on any atom is 0.407 e. The summed E-state index contributed by atoms with van der Waals surface area (Å²) in [5.41, 5.74) is 4.89. The van der Waals surface area contributed by atoms with Gasteiger partial charge < -0.3 is 14.8 Å². The van der Waals surface area contributed by atoms with Gasteiger partial charge in [-0.25, -0.2) is 4.79 Å². The third kappa shape index (κ3) is 2.83. The average molecular weight is 297 g/mol. The van der Waals surface area contributed by atoms with Gasteiger partial charge in [-0.05, 0) is 22.3 Å². The number of alkyl carbamates (subject to hydrolysis) is 1. The van der Waals surface area contributed by atoms with Gasteiger partial charge in [0, 0.05) is 19.6 Å². The number of carbonyl (C=O) groups excluding carboxylic acids is 1. The summed E-state index contributed by atoms with van der Waals surface area (Å²) in [5, 5.41) is 2.67. The van der Waals surface area contributed by atoms with Gasteiger partial charge in [0.15, 0.2) is 0 Å². The highest BCUT2D eigenvalue weighted by Gasteiger charge is 2.28. The van der Waals surface area contributed by atoms with Crippen molar-refractivity contribution < 1.29 is 14.3 Å². The van der Waals surface area contributed by atoms with Crippen molar-refractivity contribution >= 4 is 6.09 Å². The lowest BCUT2D eigenvalue weighted by atomic mass is 9.98. The van der Waals surface area contributed by atoms with Gasteiger partial charge in [-0.15, -0.1) is 0 Å². The second-order valence-electron chi connectivity index (χ2n) is 5.25. The Labute approximate surface area is 130 Å². The minimum atomic E-state index is -0.404. The van der Waals surface area contributed by atoms with E-state index in [0.717, 1.165) is 0 Å². The molecule has 22 heavy (non-hydrogen) atoms. The van der Waals surface area contributed by atoms with Crippen LogP contribution in [0.3, 0.4) is 0 Å². The van der Waals surface area contributed by atoms with Crippen molar-refractivity contribution in [2.24, 2.45) is 0 Å². The molecule has 1 aliphatic rings. The molecule has 4 nitrogen and oxygen atoms in total. The fraction of sp³-hybridized carbons (Fsp3) is 0.278. The smallest absolute Gasteiger partial charge is 0.407 e. The number of amides is 1. The van der Waals surface area contributed by atoms with E-state index in [-0.39, 0.29) is 5.92 Å². The minimum Gasteiger partial charge on any atom is -0.449 e. The maximum absolute atomic E-state index is 11.7. The summed E-state index contributed by atoms with van der Waals surface area (Å²) in [7, 11) is 1.60. The Morgan fingerprint density at radius 1 is 1.05 bits per heavy atom. The van der Waals surface area contributed by atoms with E-state index in [1.54, 1.807) is 7.11 Å². The van der Waals surface area contributed by atoms with Crippen molar-refractivity contribution in [1.29, 1.82) is 0 Å².